The number of hydrogen-bond acceptors (Lipinski definition) is 4. The summed E-state index contributed by atoms with van der Waals surface area (Å²) in [5.41, 5.74) is 0.890. The number of aromatic nitrogens is 3. The first-order chi connectivity index (χ1) is 8.72. The second-order valence-corrected chi connectivity index (χ2v) is 5.14. The number of rotatable bonds is 2. The molecule has 5 heteroatoms. The third-order valence-electron chi connectivity index (χ3n) is 3.82. The van der Waals surface area contributed by atoms with Crippen LogP contribution in [0.2, 0.25) is 0 Å². The molecule has 0 saturated carbocycles. The van der Waals surface area contributed by atoms with Gasteiger partial charge in [-0.2, -0.15) is 5.10 Å². The summed E-state index contributed by atoms with van der Waals surface area (Å²) < 4.78 is 1.78. The molecule has 2 atom stereocenters. The lowest BCUT2D eigenvalue weighted by Crippen LogP contribution is -2.42. The molecular weight excluding hydrogens is 226 g/mol. The first-order valence-electron chi connectivity index (χ1n) is 6.49. The first kappa shape index (κ1) is 11.5. The van der Waals surface area contributed by atoms with E-state index < -0.39 is 0 Å². The summed E-state index contributed by atoms with van der Waals surface area (Å²) >= 11 is 0. The molecule has 0 bridgehead atoms. The van der Waals surface area contributed by atoms with Gasteiger partial charge in [-0.15, -0.1) is 0 Å². The van der Waals surface area contributed by atoms with Gasteiger partial charge in [0.05, 0.1) is 6.20 Å². The average Bonchev–Trinajstić information content (AvgIpc) is 2.81. The highest BCUT2D eigenvalue weighted by Gasteiger charge is 2.22. The lowest BCUT2D eigenvalue weighted by Gasteiger charge is -2.35. The number of nitrogens with one attached hydrogen (secondary N) is 1. The molecule has 1 aliphatic heterocycles. The molecule has 0 aromatic carbocycles. The fourth-order valence-corrected chi connectivity index (χ4v) is 2.52. The van der Waals surface area contributed by atoms with E-state index in [2.05, 4.69) is 34.3 Å². The van der Waals surface area contributed by atoms with E-state index in [0.717, 1.165) is 18.0 Å². The Hall–Kier alpha value is -1.62. The topological polar surface area (TPSA) is 45.5 Å². The molecule has 2 aromatic heterocycles. The number of hydrogen-bond donors (Lipinski definition) is 1. The Bertz CT molecular complexity index is 535. The molecule has 5 nitrogen and oxygen atoms in total. The molecule has 1 aliphatic rings. The van der Waals surface area contributed by atoms with Crippen LogP contribution >= 0.6 is 0 Å². The lowest BCUT2D eigenvalue weighted by atomic mass is 9.99. The van der Waals surface area contributed by atoms with Crippen LogP contribution in [0.3, 0.4) is 0 Å². The highest BCUT2D eigenvalue weighted by molar-refractivity contribution is 5.45. The highest BCUT2D eigenvalue weighted by atomic mass is 15.2. The van der Waals surface area contributed by atoms with Gasteiger partial charge in [-0.25, -0.2) is 9.50 Å². The number of anilines is 1. The number of piperidine rings is 1. The average molecular weight is 245 g/mol. The maximum Gasteiger partial charge on any atom is 0.157 e. The SMILES string of the molecule is CC1CC(Nc2ccn3nccc3n2)CCN1C. The van der Waals surface area contributed by atoms with E-state index in [1.54, 1.807) is 10.7 Å². The van der Waals surface area contributed by atoms with Gasteiger partial charge in [0.15, 0.2) is 5.65 Å². The Balaban J connectivity index is 1.72. The fourth-order valence-electron chi connectivity index (χ4n) is 2.52. The van der Waals surface area contributed by atoms with Crippen molar-refractivity contribution < 1.29 is 0 Å². The Morgan fingerprint density at radius 3 is 3.11 bits per heavy atom. The summed E-state index contributed by atoms with van der Waals surface area (Å²) in [5.74, 6) is 0.949. The molecule has 96 valence electrons. The normalized spacial score (nSPS) is 25.4. The Morgan fingerprint density at radius 1 is 1.39 bits per heavy atom. The molecule has 1 saturated heterocycles. The number of fused-ring (bicyclic) bond motifs is 1. The monoisotopic (exact) mass is 245 g/mol. The minimum Gasteiger partial charge on any atom is -0.367 e. The van der Waals surface area contributed by atoms with Crippen molar-refractivity contribution in [3.63, 3.8) is 0 Å². The molecule has 0 radical (unpaired) electrons. The molecule has 18 heavy (non-hydrogen) atoms. The van der Waals surface area contributed by atoms with Gasteiger partial charge in [0.25, 0.3) is 0 Å². The maximum atomic E-state index is 4.55. The molecule has 0 amide bonds. The lowest BCUT2D eigenvalue weighted by molar-refractivity contribution is 0.190. The van der Waals surface area contributed by atoms with Gasteiger partial charge >= 0.3 is 0 Å². The minimum absolute atomic E-state index is 0.522. The van der Waals surface area contributed by atoms with E-state index in [1.165, 1.54) is 12.8 Å². The second kappa shape index (κ2) is 4.57. The largest absolute Gasteiger partial charge is 0.367 e. The Kier molecular flexibility index (Phi) is 2.91. The second-order valence-electron chi connectivity index (χ2n) is 5.14. The van der Waals surface area contributed by atoms with Crippen LogP contribution < -0.4 is 5.32 Å². The van der Waals surface area contributed by atoms with Gasteiger partial charge in [0.1, 0.15) is 5.82 Å². The zero-order chi connectivity index (χ0) is 12.5. The molecule has 2 unspecified atom stereocenters. The van der Waals surface area contributed by atoms with Crippen LogP contribution in [0.4, 0.5) is 5.82 Å². The van der Waals surface area contributed by atoms with Crippen molar-refractivity contribution in [2.24, 2.45) is 0 Å². The van der Waals surface area contributed by atoms with Gasteiger partial charge in [0, 0.05) is 30.9 Å². The van der Waals surface area contributed by atoms with Gasteiger partial charge in [0.2, 0.25) is 0 Å². The molecule has 3 heterocycles. The minimum atomic E-state index is 0.522. The molecule has 0 spiro atoms. The van der Waals surface area contributed by atoms with E-state index in [4.69, 9.17) is 0 Å². The van der Waals surface area contributed by atoms with Crippen molar-refractivity contribution in [2.45, 2.75) is 31.8 Å². The Labute approximate surface area is 107 Å². The standard InChI is InChI=1S/C13H19N5/c1-10-9-11(4-7-17(10)2)15-12-5-8-18-13(16-12)3-6-14-18/h3,5-6,8,10-11H,4,7,9H2,1-2H3,(H,15,16). The summed E-state index contributed by atoms with van der Waals surface area (Å²) in [6, 6.07) is 5.06. The van der Waals surface area contributed by atoms with Crippen LogP contribution in [-0.2, 0) is 0 Å². The smallest absolute Gasteiger partial charge is 0.157 e. The van der Waals surface area contributed by atoms with Crippen molar-refractivity contribution in [3.8, 4) is 0 Å². The quantitative estimate of drug-likeness (QED) is 0.873. The van der Waals surface area contributed by atoms with Crippen LogP contribution in [0.15, 0.2) is 24.5 Å². The van der Waals surface area contributed by atoms with Gasteiger partial charge < -0.3 is 10.2 Å². The van der Waals surface area contributed by atoms with Crippen LogP contribution in [-0.4, -0.2) is 45.2 Å². The van der Waals surface area contributed by atoms with Crippen molar-refractivity contribution >= 4 is 11.5 Å². The van der Waals surface area contributed by atoms with E-state index in [9.17, 15) is 0 Å². The zero-order valence-corrected chi connectivity index (χ0v) is 10.9. The van der Waals surface area contributed by atoms with Crippen LogP contribution in [0.5, 0.6) is 0 Å². The van der Waals surface area contributed by atoms with E-state index in [0.29, 0.717) is 12.1 Å². The maximum absolute atomic E-state index is 4.55. The molecule has 2 aromatic rings. The van der Waals surface area contributed by atoms with Gasteiger partial charge in [-0.1, -0.05) is 0 Å². The van der Waals surface area contributed by atoms with Crippen molar-refractivity contribution in [2.75, 3.05) is 18.9 Å². The molecular formula is C13H19N5. The first-order valence-corrected chi connectivity index (χ1v) is 6.49. The van der Waals surface area contributed by atoms with E-state index in [-0.39, 0.29) is 0 Å². The molecule has 0 aliphatic carbocycles. The van der Waals surface area contributed by atoms with Crippen LogP contribution in [0.25, 0.3) is 5.65 Å². The molecule has 3 rings (SSSR count). The number of likely N-dealkylation sites (tertiary alicyclic amines) is 1. The summed E-state index contributed by atoms with van der Waals surface area (Å²) in [4.78, 5) is 6.96. The predicted octanol–water partition coefficient (Wildman–Crippen LogP) is 1.62. The summed E-state index contributed by atoms with van der Waals surface area (Å²) in [5, 5.41) is 7.68. The summed E-state index contributed by atoms with van der Waals surface area (Å²) in [6.45, 7) is 3.43. The van der Waals surface area contributed by atoms with Crippen LogP contribution in [0, 0.1) is 0 Å². The fraction of sp³-hybridized carbons (Fsp3) is 0.538. The van der Waals surface area contributed by atoms with Gasteiger partial charge in [-0.3, -0.25) is 0 Å². The van der Waals surface area contributed by atoms with E-state index in [1.807, 2.05) is 18.3 Å². The predicted molar refractivity (Wildman–Crippen MR) is 71.7 cm³/mol. The summed E-state index contributed by atoms with van der Waals surface area (Å²) in [6.07, 6.45) is 6.06. The van der Waals surface area contributed by atoms with Gasteiger partial charge in [-0.05, 0) is 32.9 Å². The summed E-state index contributed by atoms with van der Waals surface area (Å²) in [7, 11) is 2.19. The Morgan fingerprint density at radius 2 is 2.28 bits per heavy atom. The third kappa shape index (κ3) is 2.18. The zero-order valence-electron chi connectivity index (χ0n) is 10.9. The van der Waals surface area contributed by atoms with Crippen molar-refractivity contribution in [1.82, 2.24) is 19.5 Å². The number of nitrogens with zero attached hydrogens (tertiary/aromatic N) is 4. The van der Waals surface area contributed by atoms with Crippen molar-refractivity contribution in [3.05, 3.63) is 24.5 Å². The van der Waals surface area contributed by atoms with Crippen molar-refractivity contribution in [1.29, 1.82) is 0 Å². The third-order valence-corrected chi connectivity index (χ3v) is 3.82. The van der Waals surface area contributed by atoms with Crippen LogP contribution in [0.1, 0.15) is 19.8 Å². The molecule has 1 N–H and O–H groups in total. The van der Waals surface area contributed by atoms with E-state index >= 15 is 0 Å². The molecule has 1 fully saturated rings. The highest BCUT2D eigenvalue weighted by Crippen LogP contribution is 2.19.